The Morgan fingerprint density at radius 1 is 1.62 bits per heavy atom. The number of nitrogens with zero attached hydrogens (tertiary/aromatic N) is 2. The minimum atomic E-state index is -0.334. The highest BCUT2D eigenvalue weighted by molar-refractivity contribution is 7.17. The first kappa shape index (κ1) is 12.9. The summed E-state index contributed by atoms with van der Waals surface area (Å²) in [6.07, 6.45) is 2.57. The van der Waals surface area contributed by atoms with Crippen LogP contribution < -0.4 is 5.32 Å². The summed E-state index contributed by atoms with van der Waals surface area (Å²) >= 11 is 1.31. The van der Waals surface area contributed by atoms with Gasteiger partial charge < -0.3 is 15.0 Å². The number of carbonyl (C=O) groups is 1. The van der Waals surface area contributed by atoms with E-state index >= 15 is 0 Å². The Balaban J connectivity index is 2.32. The first-order valence-corrected chi connectivity index (χ1v) is 5.88. The number of ether oxygens (including phenoxy) is 1. The molecule has 6 heteroatoms. The summed E-state index contributed by atoms with van der Waals surface area (Å²) in [5.74, 6) is -0.334. The van der Waals surface area contributed by atoms with Crippen molar-refractivity contribution in [1.82, 2.24) is 9.88 Å². The van der Waals surface area contributed by atoms with Crippen LogP contribution in [-0.2, 0) is 4.74 Å². The molecule has 0 unspecified atom stereocenters. The Morgan fingerprint density at radius 2 is 2.38 bits per heavy atom. The Bertz CT molecular complexity index is 339. The molecule has 90 valence electrons. The van der Waals surface area contributed by atoms with E-state index in [-0.39, 0.29) is 5.97 Å². The van der Waals surface area contributed by atoms with E-state index < -0.39 is 0 Å². The van der Waals surface area contributed by atoms with Crippen molar-refractivity contribution in [1.29, 1.82) is 0 Å². The number of methoxy groups -OCH3 is 1. The summed E-state index contributed by atoms with van der Waals surface area (Å²) in [6.45, 7) is 1.88. The number of hydrogen-bond donors (Lipinski definition) is 1. The molecule has 0 aliphatic carbocycles. The van der Waals surface area contributed by atoms with Crippen LogP contribution in [0.1, 0.15) is 16.1 Å². The lowest BCUT2D eigenvalue weighted by molar-refractivity contribution is 0.0606. The van der Waals surface area contributed by atoms with E-state index in [2.05, 4.69) is 19.9 Å². The van der Waals surface area contributed by atoms with Crippen molar-refractivity contribution in [3.63, 3.8) is 0 Å². The molecule has 1 N–H and O–H groups in total. The van der Waals surface area contributed by atoms with E-state index in [0.717, 1.165) is 24.6 Å². The number of hydrogen-bond acceptors (Lipinski definition) is 6. The molecule has 0 spiro atoms. The average Bonchev–Trinajstić information content (AvgIpc) is 2.71. The zero-order chi connectivity index (χ0) is 12.0. The molecule has 0 aliphatic rings. The number of rotatable bonds is 6. The maximum absolute atomic E-state index is 11.2. The van der Waals surface area contributed by atoms with E-state index in [0.29, 0.717) is 4.88 Å². The second-order valence-corrected chi connectivity index (χ2v) is 4.64. The molecular formula is C10H17N3O2S. The second-order valence-electron chi connectivity index (χ2n) is 3.60. The van der Waals surface area contributed by atoms with Crippen molar-refractivity contribution in [3.05, 3.63) is 11.1 Å². The molecule has 0 saturated carbocycles. The Labute approximate surface area is 99.4 Å². The minimum Gasteiger partial charge on any atom is -0.465 e. The van der Waals surface area contributed by atoms with Gasteiger partial charge in [0, 0.05) is 6.54 Å². The number of anilines is 1. The van der Waals surface area contributed by atoms with E-state index in [1.165, 1.54) is 24.6 Å². The average molecular weight is 243 g/mol. The SMILES string of the molecule is COC(=O)c1cnc(NCCCN(C)C)s1. The first-order valence-electron chi connectivity index (χ1n) is 5.06. The molecule has 5 nitrogen and oxygen atoms in total. The first-order chi connectivity index (χ1) is 7.63. The van der Waals surface area contributed by atoms with Crippen LogP contribution in [0.2, 0.25) is 0 Å². The van der Waals surface area contributed by atoms with E-state index in [1.807, 2.05) is 14.1 Å². The van der Waals surface area contributed by atoms with Crippen LogP contribution in [0.5, 0.6) is 0 Å². The topological polar surface area (TPSA) is 54.5 Å². The highest BCUT2D eigenvalue weighted by Gasteiger charge is 2.09. The molecule has 0 aliphatic heterocycles. The molecule has 0 radical (unpaired) electrons. The van der Waals surface area contributed by atoms with Gasteiger partial charge in [0.1, 0.15) is 4.88 Å². The van der Waals surface area contributed by atoms with Gasteiger partial charge in [-0.2, -0.15) is 0 Å². The zero-order valence-corrected chi connectivity index (χ0v) is 10.6. The number of thiazole rings is 1. The van der Waals surface area contributed by atoms with Crippen LogP contribution in [0.3, 0.4) is 0 Å². The van der Waals surface area contributed by atoms with E-state index in [9.17, 15) is 4.79 Å². The van der Waals surface area contributed by atoms with Gasteiger partial charge in [-0.05, 0) is 27.1 Å². The van der Waals surface area contributed by atoms with Crippen molar-refractivity contribution in [2.75, 3.05) is 39.6 Å². The van der Waals surface area contributed by atoms with Crippen LogP contribution in [0.25, 0.3) is 0 Å². The second kappa shape index (κ2) is 6.44. The zero-order valence-electron chi connectivity index (χ0n) is 9.82. The summed E-state index contributed by atoms with van der Waals surface area (Å²) in [5, 5.41) is 3.94. The highest BCUT2D eigenvalue weighted by Crippen LogP contribution is 2.18. The lowest BCUT2D eigenvalue weighted by Gasteiger charge is -2.08. The van der Waals surface area contributed by atoms with Crippen molar-refractivity contribution in [2.24, 2.45) is 0 Å². The van der Waals surface area contributed by atoms with Gasteiger partial charge >= 0.3 is 5.97 Å². The molecule has 16 heavy (non-hydrogen) atoms. The third kappa shape index (κ3) is 4.16. The lowest BCUT2D eigenvalue weighted by atomic mass is 10.4. The molecule has 1 aromatic rings. The molecule has 0 fully saturated rings. The molecule has 0 saturated heterocycles. The predicted octanol–water partition coefficient (Wildman–Crippen LogP) is 1.29. The van der Waals surface area contributed by atoms with Crippen molar-refractivity contribution >= 4 is 22.4 Å². The summed E-state index contributed by atoms with van der Waals surface area (Å²) in [5.41, 5.74) is 0. The summed E-state index contributed by atoms with van der Waals surface area (Å²) in [7, 11) is 5.45. The third-order valence-corrected chi connectivity index (χ3v) is 2.89. The number of aromatic nitrogens is 1. The van der Waals surface area contributed by atoms with Crippen LogP contribution in [0.15, 0.2) is 6.20 Å². The van der Waals surface area contributed by atoms with Crippen LogP contribution in [0, 0.1) is 0 Å². The maximum atomic E-state index is 11.2. The van der Waals surface area contributed by atoms with Crippen molar-refractivity contribution < 1.29 is 9.53 Å². The summed E-state index contributed by atoms with van der Waals surface area (Å²) in [4.78, 5) is 17.9. The minimum absolute atomic E-state index is 0.334. The lowest BCUT2D eigenvalue weighted by Crippen LogP contribution is -2.16. The fourth-order valence-corrected chi connectivity index (χ4v) is 1.90. The molecular weight excluding hydrogens is 226 g/mol. The molecule has 0 atom stereocenters. The third-order valence-electron chi connectivity index (χ3n) is 1.95. The molecule has 1 aromatic heterocycles. The molecule has 1 rings (SSSR count). The Morgan fingerprint density at radius 3 is 3.00 bits per heavy atom. The number of nitrogens with one attached hydrogen (secondary N) is 1. The van der Waals surface area contributed by atoms with Gasteiger partial charge in [0.25, 0.3) is 0 Å². The van der Waals surface area contributed by atoms with Gasteiger partial charge in [-0.1, -0.05) is 11.3 Å². The Kier molecular flexibility index (Phi) is 5.21. The number of esters is 1. The number of carbonyl (C=O) groups excluding carboxylic acids is 1. The van der Waals surface area contributed by atoms with E-state index in [1.54, 1.807) is 0 Å². The van der Waals surface area contributed by atoms with Gasteiger partial charge in [-0.25, -0.2) is 9.78 Å². The van der Waals surface area contributed by atoms with Gasteiger partial charge in [-0.3, -0.25) is 0 Å². The smallest absolute Gasteiger partial charge is 0.349 e. The molecule has 0 aromatic carbocycles. The molecule has 1 heterocycles. The molecule has 0 amide bonds. The Hall–Kier alpha value is -1.14. The van der Waals surface area contributed by atoms with Crippen LogP contribution >= 0.6 is 11.3 Å². The summed E-state index contributed by atoms with van der Waals surface area (Å²) < 4.78 is 4.60. The van der Waals surface area contributed by atoms with Gasteiger partial charge in [0.15, 0.2) is 5.13 Å². The standard InChI is InChI=1S/C10H17N3O2S/c1-13(2)6-4-5-11-10-12-7-8(16-10)9(14)15-3/h7H,4-6H2,1-3H3,(H,11,12). The fourth-order valence-electron chi connectivity index (χ4n) is 1.14. The van der Waals surface area contributed by atoms with Gasteiger partial charge in [0.05, 0.1) is 13.3 Å². The van der Waals surface area contributed by atoms with Crippen molar-refractivity contribution in [3.8, 4) is 0 Å². The summed E-state index contributed by atoms with van der Waals surface area (Å²) in [6, 6.07) is 0. The van der Waals surface area contributed by atoms with Crippen molar-refractivity contribution in [2.45, 2.75) is 6.42 Å². The fraction of sp³-hybridized carbons (Fsp3) is 0.600. The predicted molar refractivity (Wildman–Crippen MR) is 65.1 cm³/mol. The largest absolute Gasteiger partial charge is 0.465 e. The monoisotopic (exact) mass is 243 g/mol. The quantitative estimate of drug-likeness (QED) is 0.603. The normalized spacial score (nSPS) is 10.5. The van der Waals surface area contributed by atoms with Crippen LogP contribution in [0.4, 0.5) is 5.13 Å². The molecule has 0 bridgehead atoms. The van der Waals surface area contributed by atoms with Gasteiger partial charge in [-0.15, -0.1) is 0 Å². The maximum Gasteiger partial charge on any atom is 0.349 e. The van der Waals surface area contributed by atoms with E-state index in [4.69, 9.17) is 0 Å². The van der Waals surface area contributed by atoms with Gasteiger partial charge in [0.2, 0.25) is 0 Å². The highest BCUT2D eigenvalue weighted by atomic mass is 32.1. The van der Waals surface area contributed by atoms with Crippen LogP contribution in [-0.4, -0.2) is 50.1 Å².